The van der Waals surface area contributed by atoms with E-state index in [9.17, 15) is 0 Å². The first-order valence-corrected chi connectivity index (χ1v) is 8.40. The summed E-state index contributed by atoms with van der Waals surface area (Å²) >= 11 is 3.74. The summed E-state index contributed by atoms with van der Waals surface area (Å²) in [5.74, 6) is 0. The zero-order chi connectivity index (χ0) is 14.5. The van der Waals surface area contributed by atoms with Crippen LogP contribution in [0.15, 0.2) is 22.7 Å². The van der Waals surface area contributed by atoms with Crippen molar-refractivity contribution in [3.8, 4) is 0 Å². The number of rotatable bonds is 6. The Labute approximate surface area is 131 Å². The van der Waals surface area contributed by atoms with Crippen LogP contribution in [0.1, 0.15) is 25.8 Å². The highest BCUT2D eigenvalue weighted by Gasteiger charge is 2.27. The molecule has 0 bridgehead atoms. The molecule has 112 valence electrons. The van der Waals surface area contributed by atoms with Crippen molar-refractivity contribution in [2.75, 3.05) is 38.1 Å². The van der Waals surface area contributed by atoms with E-state index in [1.54, 1.807) is 0 Å². The lowest BCUT2D eigenvalue weighted by molar-refractivity contribution is 0.232. The predicted molar refractivity (Wildman–Crippen MR) is 90.4 cm³/mol. The van der Waals surface area contributed by atoms with Gasteiger partial charge in [-0.1, -0.05) is 19.9 Å². The van der Waals surface area contributed by atoms with Gasteiger partial charge in [-0.3, -0.25) is 4.90 Å². The maximum absolute atomic E-state index is 3.74. The Kier molecular flexibility index (Phi) is 5.87. The second-order valence-electron chi connectivity index (χ2n) is 5.43. The first-order valence-electron chi connectivity index (χ1n) is 7.61. The van der Waals surface area contributed by atoms with Gasteiger partial charge in [0.15, 0.2) is 0 Å². The molecule has 1 saturated heterocycles. The maximum Gasteiger partial charge on any atom is 0.0511 e. The Balaban J connectivity index is 2.06. The van der Waals surface area contributed by atoms with E-state index in [1.807, 2.05) is 7.05 Å². The highest BCUT2D eigenvalue weighted by Crippen LogP contribution is 2.31. The predicted octanol–water partition coefficient (Wildman–Crippen LogP) is 3.09. The number of halogens is 1. The molecule has 0 radical (unpaired) electrons. The molecule has 0 amide bonds. The van der Waals surface area contributed by atoms with Crippen LogP contribution in [0.25, 0.3) is 0 Å². The van der Waals surface area contributed by atoms with Crippen LogP contribution in [0.5, 0.6) is 0 Å². The molecule has 0 saturated carbocycles. The summed E-state index contributed by atoms with van der Waals surface area (Å²) in [5.41, 5.74) is 2.65. The molecule has 0 aromatic heterocycles. The van der Waals surface area contributed by atoms with Crippen LogP contribution in [-0.4, -0.2) is 44.2 Å². The summed E-state index contributed by atoms with van der Waals surface area (Å²) in [7, 11) is 1.98. The molecule has 1 heterocycles. The maximum atomic E-state index is 3.74. The molecular formula is C16H26BrN3. The summed E-state index contributed by atoms with van der Waals surface area (Å²) < 4.78 is 1.21. The van der Waals surface area contributed by atoms with Crippen LogP contribution < -0.4 is 10.2 Å². The highest BCUT2D eigenvalue weighted by atomic mass is 79.9. The lowest BCUT2D eigenvalue weighted by Crippen LogP contribution is -2.37. The van der Waals surface area contributed by atoms with Crippen molar-refractivity contribution in [3.63, 3.8) is 0 Å². The van der Waals surface area contributed by atoms with Gasteiger partial charge in [0.2, 0.25) is 0 Å². The molecule has 3 nitrogen and oxygen atoms in total. The Morgan fingerprint density at radius 1 is 1.35 bits per heavy atom. The first kappa shape index (κ1) is 15.8. The van der Waals surface area contributed by atoms with Crippen molar-refractivity contribution in [3.05, 3.63) is 28.2 Å². The van der Waals surface area contributed by atoms with Crippen molar-refractivity contribution in [2.24, 2.45) is 0 Å². The number of anilines is 1. The van der Waals surface area contributed by atoms with Crippen molar-refractivity contribution in [1.29, 1.82) is 0 Å². The topological polar surface area (TPSA) is 18.5 Å². The summed E-state index contributed by atoms with van der Waals surface area (Å²) in [6.07, 6.45) is 1.27. The lowest BCUT2D eigenvalue weighted by Gasteiger charge is -2.27. The van der Waals surface area contributed by atoms with E-state index in [0.717, 1.165) is 32.7 Å². The molecule has 1 N–H and O–H groups in total. The van der Waals surface area contributed by atoms with Crippen molar-refractivity contribution < 1.29 is 0 Å². The van der Waals surface area contributed by atoms with Crippen LogP contribution in [0.4, 0.5) is 5.69 Å². The van der Waals surface area contributed by atoms with Gasteiger partial charge in [-0.05, 0) is 60.2 Å². The molecule has 1 aliphatic rings. The molecule has 1 aromatic rings. The largest absolute Gasteiger partial charge is 0.369 e. The van der Waals surface area contributed by atoms with Gasteiger partial charge >= 0.3 is 0 Å². The van der Waals surface area contributed by atoms with E-state index in [2.05, 4.69) is 63.1 Å². The zero-order valence-corrected chi connectivity index (χ0v) is 14.4. The number of benzene rings is 1. The molecule has 1 aromatic carbocycles. The molecule has 0 spiro atoms. The standard InChI is InChI=1S/C16H26BrN3/c1-4-19(5-2)14-8-9-20(12-14)16-7-6-13(11-18-3)10-15(16)17/h6-7,10,14,18H,4-5,8-9,11-12H2,1-3H3. The average molecular weight is 340 g/mol. The molecule has 4 heteroatoms. The molecule has 1 unspecified atom stereocenters. The normalized spacial score (nSPS) is 19.1. The smallest absolute Gasteiger partial charge is 0.0511 e. The fraction of sp³-hybridized carbons (Fsp3) is 0.625. The minimum Gasteiger partial charge on any atom is -0.369 e. The van der Waals surface area contributed by atoms with Crippen molar-refractivity contribution in [1.82, 2.24) is 10.2 Å². The van der Waals surface area contributed by atoms with Gasteiger partial charge in [0.25, 0.3) is 0 Å². The monoisotopic (exact) mass is 339 g/mol. The summed E-state index contributed by atoms with van der Waals surface area (Å²) in [4.78, 5) is 5.08. The van der Waals surface area contributed by atoms with Crippen molar-refractivity contribution in [2.45, 2.75) is 32.9 Å². The van der Waals surface area contributed by atoms with Crippen LogP contribution in [-0.2, 0) is 6.54 Å². The number of nitrogens with zero attached hydrogens (tertiary/aromatic N) is 2. The minimum absolute atomic E-state index is 0.703. The van der Waals surface area contributed by atoms with Gasteiger partial charge in [-0.25, -0.2) is 0 Å². The van der Waals surface area contributed by atoms with E-state index in [-0.39, 0.29) is 0 Å². The molecule has 1 atom stereocenters. The zero-order valence-electron chi connectivity index (χ0n) is 12.8. The Bertz CT molecular complexity index is 432. The third-order valence-electron chi connectivity index (χ3n) is 4.23. The first-order chi connectivity index (χ1) is 9.69. The van der Waals surface area contributed by atoms with Crippen molar-refractivity contribution >= 4 is 21.6 Å². The van der Waals surface area contributed by atoms with E-state index in [4.69, 9.17) is 0 Å². The quantitative estimate of drug-likeness (QED) is 0.859. The van der Waals surface area contributed by atoms with Gasteiger partial charge in [-0.2, -0.15) is 0 Å². The van der Waals surface area contributed by atoms with E-state index >= 15 is 0 Å². The van der Waals surface area contributed by atoms with Gasteiger partial charge in [0, 0.05) is 30.1 Å². The fourth-order valence-corrected chi connectivity index (χ4v) is 3.80. The van der Waals surface area contributed by atoms with Gasteiger partial charge < -0.3 is 10.2 Å². The average Bonchev–Trinajstić information content (AvgIpc) is 2.90. The molecule has 1 fully saturated rings. The second-order valence-corrected chi connectivity index (χ2v) is 6.28. The number of hydrogen-bond acceptors (Lipinski definition) is 3. The third kappa shape index (κ3) is 3.54. The van der Waals surface area contributed by atoms with Crippen LogP contribution in [0, 0.1) is 0 Å². The summed E-state index contributed by atoms with van der Waals surface area (Å²) in [6, 6.07) is 7.41. The van der Waals surface area contributed by atoms with E-state index in [0.29, 0.717) is 6.04 Å². The molecule has 20 heavy (non-hydrogen) atoms. The Morgan fingerprint density at radius 2 is 2.10 bits per heavy atom. The van der Waals surface area contributed by atoms with Gasteiger partial charge in [0.05, 0.1) is 5.69 Å². The molecule has 2 rings (SSSR count). The van der Waals surface area contributed by atoms with E-state index < -0.39 is 0 Å². The minimum atomic E-state index is 0.703. The summed E-state index contributed by atoms with van der Waals surface area (Å²) in [5, 5.41) is 3.20. The molecule has 0 aliphatic carbocycles. The highest BCUT2D eigenvalue weighted by molar-refractivity contribution is 9.10. The van der Waals surface area contributed by atoms with Crippen LogP contribution >= 0.6 is 15.9 Å². The van der Waals surface area contributed by atoms with Crippen LogP contribution in [0.3, 0.4) is 0 Å². The lowest BCUT2D eigenvalue weighted by atomic mass is 10.2. The third-order valence-corrected chi connectivity index (χ3v) is 4.86. The number of likely N-dealkylation sites (N-methyl/N-ethyl adjacent to an activating group) is 1. The summed E-state index contributed by atoms with van der Waals surface area (Å²) in [6.45, 7) is 10.0. The van der Waals surface area contributed by atoms with E-state index in [1.165, 1.54) is 22.1 Å². The SMILES string of the molecule is CCN(CC)C1CCN(c2ccc(CNC)cc2Br)C1. The molecule has 1 aliphatic heterocycles. The Morgan fingerprint density at radius 3 is 2.70 bits per heavy atom. The fourth-order valence-electron chi connectivity index (χ4n) is 3.12. The number of nitrogens with one attached hydrogen (secondary N) is 1. The van der Waals surface area contributed by atoms with Gasteiger partial charge in [-0.15, -0.1) is 0 Å². The number of hydrogen-bond donors (Lipinski definition) is 1. The Hall–Kier alpha value is -0.580. The van der Waals surface area contributed by atoms with Gasteiger partial charge in [0.1, 0.15) is 0 Å². The second kappa shape index (κ2) is 7.43. The molecular weight excluding hydrogens is 314 g/mol. The van der Waals surface area contributed by atoms with Crippen LogP contribution in [0.2, 0.25) is 0 Å².